The lowest BCUT2D eigenvalue weighted by molar-refractivity contribution is -0.225. The molecule has 3 N–H and O–H groups in total. The minimum atomic E-state index is -0.756. The normalized spacial score (nSPS) is 29.2. The first-order valence-electron chi connectivity index (χ1n) is 25.3. The molecule has 4 aliphatic rings. The van der Waals surface area contributed by atoms with Gasteiger partial charge in [0.25, 0.3) is 0 Å². The van der Waals surface area contributed by atoms with Crippen LogP contribution in [0.3, 0.4) is 0 Å². The molecule has 4 aliphatic carbocycles. The highest BCUT2D eigenvalue weighted by Gasteiger charge is 2.68. The van der Waals surface area contributed by atoms with Gasteiger partial charge in [-0.1, -0.05) is 51.1 Å². The van der Waals surface area contributed by atoms with Gasteiger partial charge in [-0.15, -0.1) is 0 Å². The first-order chi connectivity index (χ1) is 32.1. The van der Waals surface area contributed by atoms with Crippen LogP contribution in [0.2, 0.25) is 0 Å². The third kappa shape index (κ3) is 15.4. The zero-order valence-electron chi connectivity index (χ0n) is 43.8. The Morgan fingerprint density at radius 1 is 0.681 bits per heavy atom. The third-order valence-electron chi connectivity index (χ3n) is 15.1. The summed E-state index contributed by atoms with van der Waals surface area (Å²) in [5.41, 5.74) is -1.78. The van der Waals surface area contributed by atoms with Crippen molar-refractivity contribution in [1.82, 2.24) is 20.9 Å². The van der Waals surface area contributed by atoms with Crippen LogP contribution in [-0.2, 0) is 49.3 Å². The fraction of sp³-hybridized carbons (Fsp3) is 0.774. The molecular weight excluding hydrogens is 885 g/mol. The number of hydrogen-bond acceptors (Lipinski definition) is 13. The summed E-state index contributed by atoms with van der Waals surface area (Å²) in [5, 5.41) is 7.66. The number of carbonyl (C=O) groups excluding carboxylic acids is 6. The fourth-order valence-corrected chi connectivity index (χ4v) is 12.3. The first-order valence-corrected chi connectivity index (χ1v) is 25.3. The van der Waals surface area contributed by atoms with Gasteiger partial charge >= 0.3 is 36.2 Å². The monoisotopic (exact) mass is 969 g/mol. The molecule has 0 spiro atoms. The maximum atomic E-state index is 13.9. The predicted octanol–water partition coefficient (Wildman–Crippen LogP) is 8.72. The minimum Gasteiger partial charge on any atom is -0.461 e. The van der Waals surface area contributed by atoms with Gasteiger partial charge in [0.15, 0.2) is 0 Å². The van der Waals surface area contributed by atoms with E-state index in [0.717, 1.165) is 38.8 Å². The van der Waals surface area contributed by atoms with Crippen LogP contribution in [0.4, 0.5) is 14.4 Å². The van der Waals surface area contributed by atoms with Crippen molar-refractivity contribution in [3.63, 3.8) is 0 Å². The molecule has 1 aromatic rings. The Balaban J connectivity index is 1.42. The second-order valence-corrected chi connectivity index (χ2v) is 23.8. The standard InChI is InChI=1S/C53H84N4O12/c1-33(18-17-25-57(13)32-34-19-15-14-16-20-34)37-21-22-38-45-39(28-41(53(37,38)12)66-44(60)31-56-48(63)69-51(8,9)10)52(11)24-23-36(64-42(58)29-54-46(61)67-49(2,3)4)26-35(52)27-40(45)65-43(59)30-55-47(62)68-50(5,6)7/h14-16,19-20,33,35-41,45H,17-18,21-32H2,1-13H3,(H,54,61)(H,55,62)(H,56,63)/t33-,35+,36?,37-,38+,39+,40-,41+,45+,52+,53-/m1/s1. The number of benzene rings is 1. The number of nitrogens with zero attached hydrogens (tertiary/aromatic N) is 1. The van der Waals surface area contributed by atoms with Gasteiger partial charge in [-0.3, -0.25) is 14.4 Å². The molecule has 5 rings (SSSR count). The number of rotatable bonds is 16. The average molecular weight is 969 g/mol. The second kappa shape index (κ2) is 22.6. The van der Waals surface area contributed by atoms with Gasteiger partial charge in [0.05, 0.1) is 0 Å². The second-order valence-electron chi connectivity index (χ2n) is 23.8. The molecule has 11 atom stereocenters. The summed E-state index contributed by atoms with van der Waals surface area (Å²) in [7, 11) is 2.15. The molecule has 0 radical (unpaired) electrons. The largest absolute Gasteiger partial charge is 0.461 e. The van der Waals surface area contributed by atoms with Crippen LogP contribution in [0.25, 0.3) is 0 Å². The van der Waals surface area contributed by atoms with Crippen molar-refractivity contribution >= 4 is 36.2 Å². The molecule has 16 heteroatoms. The van der Waals surface area contributed by atoms with Crippen LogP contribution in [-0.4, -0.2) is 109 Å². The Bertz CT molecular complexity index is 1940. The molecule has 0 aliphatic heterocycles. The minimum absolute atomic E-state index is 0.00457. The zero-order valence-corrected chi connectivity index (χ0v) is 43.8. The van der Waals surface area contributed by atoms with E-state index in [4.69, 9.17) is 28.4 Å². The fourth-order valence-electron chi connectivity index (χ4n) is 12.3. The maximum absolute atomic E-state index is 13.9. The van der Waals surface area contributed by atoms with E-state index < -0.39 is 76.7 Å². The molecular formula is C53H84N4O12. The molecule has 4 saturated carbocycles. The number of hydrogen-bond donors (Lipinski definition) is 3. The summed E-state index contributed by atoms with van der Waals surface area (Å²) >= 11 is 0. The number of amides is 3. The third-order valence-corrected chi connectivity index (χ3v) is 15.1. The van der Waals surface area contributed by atoms with E-state index in [2.05, 4.69) is 72.9 Å². The summed E-state index contributed by atoms with van der Waals surface area (Å²) in [6, 6.07) is 10.4. The number of alkyl carbamates (subject to hydrolysis) is 3. The Labute approximate surface area is 411 Å². The number of nitrogens with one attached hydrogen (secondary N) is 3. The molecule has 0 heterocycles. The van der Waals surface area contributed by atoms with Crippen molar-refractivity contribution in [3.8, 4) is 0 Å². The summed E-state index contributed by atoms with van der Waals surface area (Å²) in [4.78, 5) is 80.9. The lowest BCUT2D eigenvalue weighted by Gasteiger charge is -2.64. The van der Waals surface area contributed by atoms with E-state index in [1.54, 1.807) is 62.3 Å². The van der Waals surface area contributed by atoms with E-state index in [0.29, 0.717) is 32.1 Å². The Hall–Kier alpha value is -4.60. The zero-order chi connectivity index (χ0) is 51.1. The van der Waals surface area contributed by atoms with E-state index >= 15 is 0 Å². The highest BCUT2D eigenvalue weighted by molar-refractivity contribution is 5.79. The molecule has 16 nitrogen and oxygen atoms in total. The average Bonchev–Trinajstić information content (AvgIpc) is 3.58. The molecule has 388 valence electrons. The molecule has 69 heavy (non-hydrogen) atoms. The van der Waals surface area contributed by atoms with Gasteiger partial charge in [0.1, 0.15) is 54.7 Å². The van der Waals surface area contributed by atoms with E-state index in [1.807, 2.05) is 6.07 Å². The predicted molar refractivity (Wildman–Crippen MR) is 260 cm³/mol. The molecule has 0 saturated heterocycles. The lowest BCUT2D eigenvalue weighted by Crippen LogP contribution is -2.64. The van der Waals surface area contributed by atoms with Crippen LogP contribution in [0.5, 0.6) is 0 Å². The van der Waals surface area contributed by atoms with Gasteiger partial charge in [-0.2, -0.15) is 0 Å². The van der Waals surface area contributed by atoms with Crippen LogP contribution < -0.4 is 16.0 Å². The summed E-state index contributed by atoms with van der Waals surface area (Å²) in [5.74, 6) is -1.45. The van der Waals surface area contributed by atoms with Crippen molar-refractivity contribution < 1.29 is 57.2 Å². The summed E-state index contributed by atoms with van der Waals surface area (Å²) in [6.07, 6.45) is 2.92. The summed E-state index contributed by atoms with van der Waals surface area (Å²) in [6.45, 7) is 23.3. The Morgan fingerprint density at radius 3 is 1.74 bits per heavy atom. The van der Waals surface area contributed by atoms with Crippen LogP contribution in [0.1, 0.15) is 146 Å². The molecule has 1 aromatic carbocycles. The number of carbonyl (C=O) groups is 6. The van der Waals surface area contributed by atoms with Crippen LogP contribution >= 0.6 is 0 Å². The summed E-state index contributed by atoms with van der Waals surface area (Å²) < 4.78 is 35.2. The maximum Gasteiger partial charge on any atom is 0.408 e. The highest BCUT2D eigenvalue weighted by Crippen LogP contribution is 2.69. The van der Waals surface area contributed by atoms with Crippen LogP contribution in [0, 0.1) is 46.3 Å². The van der Waals surface area contributed by atoms with E-state index in [-0.39, 0.29) is 60.6 Å². The Kier molecular flexibility index (Phi) is 18.2. The van der Waals surface area contributed by atoms with Crippen molar-refractivity contribution in [3.05, 3.63) is 35.9 Å². The molecule has 0 bridgehead atoms. The number of esters is 3. The number of ether oxygens (including phenoxy) is 6. The van der Waals surface area contributed by atoms with Gasteiger partial charge in [-0.25, -0.2) is 14.4 Å². The molecule has 0 aromatic heterocycles. The molecule has 3 amide bonds. The van der Waals surface area contributed by atoms with Crippen molar-refractivity contribution in [2.24, 2.45) is 46.3 Å². The highest BCUT2D eigenvalue weighted by atomic mass is 16.6. The van der Waals surface area contributed by atoms with Gasteiger partial charge in [0.2, 0.25) is 0 Å². The van der Waals surface area contributed by atoms with E-state index in [1.165, 1.54) is 5.56 Å². The SMILES string of the molecule is C[C@H](CCCN(C)Cc1ccccc1)[C@H]1CC[C@H]2[C@@H]3[C@H](OC(=O)CNC(=O)OC(C)(C)C)C[C@@H]4CC(OC(=O)CNC(=O)OC(C)(C)C)CC[C@]4(C)[C@H]3C[C@H](OC(=O)CNC(=O)OC(C)(C)C)[C@]12C. The van der Waals surface area contributed by atoms with E-state index in [9.17, 15) is 28.8 Å². The first kappa shape index (κ1) is 55.3. The van der Waals surface area contributed by atoms with Gasteiger partial charge in [-0.05, 0) is 174 Å². The van der Waals surface area contributed by atoms with Gasteiger partial charge in [0, 0.05) is 17.9 Å². The lowest BCUT2D eigenvalue weighted by atomic mass is 9.43. The topological polar surface area (TPSA) is 197 Å². The van der Waals surface area contributed by atoms with Crippen molar-refractivity contribution in [2.75, 3.05) is 33.2 Å². The van der Waals surface area contributed by atoms with Crippen LogP contribution in [0.15, 0.2) is 30.3 Å². The van der Waals surface area contributed by atoms with Crippen molar-refractivity contribution in [1.29, 1.82) is 0 Å². The molecule has 1 unspecified atom stereocenters. The quantitative estimate of drug-likeness (QED) is 0.105. The van der Waals surface area contributed by atoms with Crippen molar-refractivity contribution in [2.45, 2.75) is 183 Å². The smallest absolute Gasteiger partial charge is 0.408 e. The Morgan fingerprint density at radius 2 is 1.20 bits per heavy atom. The number of fused-ring (bicyclic) bond motifs is 5. The molecule has 4 fully saturated rings. The van der Waals surface area contributed by atoms with Gasteiger partial charge < -0.3 is 49.3 Å².